The molecular formula is C21H29NO4. The molecule has 0 radical (unpaired) electrons. The Morgan fingerprint density at radius 2 is 1.54 bits per heavy atom. The lowest BCUT2D eigenvalue weighted by atomic mass is 9.82. The van der Waals surface area contributed by atoms with Crippen molar-refractivity contribution in [2.45, 2.75) is 58.3 Å². The minimum absolute atomic E-state index is 0.227. The fourth-order valence-corrected chi connectivity index (χ4v) is 3.04. The Morgan fingerprint density at radius 3 is 2.08 bits per heavy atom. The lowest BCUT2D eigenvalue weighted by Gasteiger charge is -2.24. The molecule has 0 spiro atoms. The SMILES string of the molecule is CCOC(=O)C(C(=O)OCC)C(CCCCCCC#N)c1ccccc1. The van der Waals surface area contributed by atoms with Gasteiger partial charge in [0.2, 0.25) is 0 Å². The first-order chi connectivity index (χ1) is 12.7. The number of hydrogen-bond acceptors (Lipinski definition) is 5. The molecule has 5 nitrogen and oxygen atoms in total. The van der Waals surface area contributed by atoms with E-state index in [1.54, 1.807) is 13.8 Å². The largest absolute Gasteiger partial charge is 0.465 e. The van der Waals surface area contributed by atoms with Gasteiger partial charge in [0.1, 0.15) is 0 Å². The smallest absolute Gasteiger partial charge is 0.320 e. The van der Waals surface area contributed by atoms with Gasteiger partial charge in [0.05, 0.1) is 19.3 Å². The van der Waals surface area contributed by atoms with E-state index in [0.29, 0.717) is 12.8 Å². The van der Waals surface area contributed by atoms with Crippen LogP contribution in [0.5, 0.6) is 0 Å². The second-order valence-electron chi connectivity index (χ2n) is 6.11. The summed E-state index contributed by atoms with van der Waals surface area (Å²) in [5, 5.41) is 8.60. The topological polar surface area (TPSA) is 76.4 Å². The van der Waals surface area contributed by atoms with Gasteiger partial charge in [0, 0.05) is 12.3 Å². The van der Waals surface area contributed by atoms with Crippen LogP contribution in [0.1, 0.15) is 63.9 Å². The molecule has 0 heterocycles. The van der Waals surface area contributed by atoms with Crippen LogP contribution in [0.4, 0.5) is 0 Å². The number of benzene rings is 1. The van der Waals surface area contributed by atoms with Crippen LogP contribution in [0.15, 0.2) is 30.3 Å². The van der Waals surface area contributed by atoms with Gasteiger partial charge in [-0.15, -0.1) is 0 Å². The summed E-state index contributed by atoms with van der Waals surface area (Å²) in [7, 11) is 0. The summed E-state index contributed by atoms with van der Waals surface area (Å²) < 4.78 is 10.3. The standard InChI is InChI=1S/C21H29NO4/c1-3-25-20(23)19(21(24)26-4-2)18(17-13-9-8-10-14-17)15-11-6-5-7-12-16-22/h8-10,13-14,18-19H,3-7,11-12,15H2,1-2H3. The molecule has 0 amide bonds. The zero-order chi connectivity index (χ0) is 19.2. The molecule has 26 heavy (non-hydrogen) atoms. The van der Waals surface area contributed by atoms with E-state index < -0.39 is 17.9 Å². The fourth-order valence-electron chi connectivity index (χ4n) is 3.04. The molecule has 0 saturated heterocycles. The number of ether oxygens (including phenoxy) is 2. The second-order valence-corrected chi connectivity index (χ2v) is 6.11. The summed E-state index contributed by atoms with van der Waals surface area (Å²) in [6.45, 7) is 3.91. The number of nitrogens with zero attached hydrogens (tertiary/aromatic N) is 1. The molecule has 1 rings (SSSR count). The van der Waals surface area contributed by atoms with E-state index in [2.05, 4.69) is 6.07 Å². The molecule has 0 aromatic heterocycles. The van der Waals surface area contributed by atoms with Gasteiger partial charge >= 0.3 is 11.9 Å². The fraction of sp³-hybridized carbons (Fsp3) is 0.571. The highest BCUT2D eigenvalue weighted by atomic mass is 16.6. The normalized spacial score (nSPS) is 11.6. The molecule has 0 saturated carbocycles. The third kappa shape index (κ3) is 7.26. The van der Waals surface area contributed by atoms with Crippen molar-refractivity contribution in [3.8, 4) is 6.07 Å². The Balaban J connectivity index is 2.93. The Labute approximate surface area is 156 Å². The van der Waals surface area contributed by atoms with E-state index >= 15 is 0 Å². The van der Waals surface area contributed by atoms with Gasteiger partial charge in [-0.1, -0.05) is 49.6 Å². The second kappa shape index (κ2) is 12.9. The van der Waals surface area contributed by atoms with Gasteiger partial charge in [-0.05, 0) is 32.3 Å². The minimum atomic E-state index is -0.948. The predicted octanol–water partition coefficient (Wildman–Crippen LogP) is 4.38. The molecule has 0 fully saturated rings. The first-order valence-corrected chi connectivity index (χ1v) is 9.40. The number of unbranched alkanes of at least 4 members (excludes halogenated alkanes) is 4. The summed E-state index contributed by atoms with van der Waals surface area (Å²) in [4.78, 5) is 25.0. The Morgan fingerprint density at radius 1 is 0.962 bits per heavy atom. The van der Waals surface area contributed by atoms with Gasteiger partial charge in [0.25, 0.3) is 0 Å². The zero-order valence-electron chi connectivity index (χ0n) is 15.8. The van der Waals surface area contributed by atoms with Crippen LogP contribution in [0.3, 0.4) is 0 Å². The van der Waals surface area contributed by atoms with Crippen molar-refractivity contribution >= 4 is 11.9 Å². The number of carbonyl (C=O) groups excluding carboxylic acids is 2. The molecule has 0 N–H and O–H groups in total. The van der Waals surface area contributed by atoms with Crippen LogP contribution < -0.4 is 0 Å². The zero-order valence-corrected chi connectivity index (χ0v) is 15.8. The summed E-state index contributed by atoms with van der Waals surface area (Å²) in [5.41, 5.74) is 0.940. The summed E-state index contributed by atoms with van der Waals surface area (Å²) in [5.74, 6) is -2.27. The molecule has 1 aromatic rings. The molecule has 0 bridgehead atoms. The van der Waals surface area contributed by atoms with Crippen molar-refractivity contribution in [1.29, 1.82) is 5.26 Å². The van der Waals surface area contributed by atoms with Gasteiger partial charge < -0.3 is 9.47 Å². The highest BCUT2D eigenvalue weighted by Gasteiger charge is 2.37. The molecule has 0 aliphatic rings. The third-order valence-electron chi connectivity index (χ3n) is 4.26. The van der Waals surface area contributed by atoms with E-state index in [4.69, 9.17) is 14.7 Å². The molecule has 142 valence electrons. The first kappa shape index (κ1) is 21.7. The lowest BCUT2D eigenvalue weighted by Crippen LogP contribution is -2.33. The Hall–Kier alpha value is -2.35. The van der Waals surface area contributed by atoms with E-state index in [-0.39, 0.29) is 19.1 Å². The van der Waals surface area contributed by atoms with E-state index in [9.17, 15) is 9.59 Å². The maximum absolute atomic E-state index is 12.5. The number of carbonyl (C=O) groups is 2. The molecular weight excluding hydrogens is 330 g/mol. The number of esters is 2. The van der Waals surface area contributed by atoms with Crippen molar-refractivity contribution in [2.75, 3.05) is 13.2 Å². The molecule has 0 aliphatic carbocycles. The summed E-state index contributed by atoms with van der Waals surface area (Å²) in [6, 6.07) is 11.7. The molecule has 1 aromatic carbocycles. The minimum Gasteiger partial charge on any atom is -0.465 e. The van der Waals surface area contributed by atoms with Crippen molar-refractivity contribution in [1.82, 2.24) is 0 Å². The lowest BCUT2D eigenvalue weighted by molar-refractivity contribution is -0.163. The molecule has 1 unspecified atom stereocenters. The number of rotatable bonds is 12. The monoisotopic (exact) mass is 359 g/mol. The highest BCUT2D eigenvalue weighted by Crippen LogP contribution is 2.32. The van der Waals surface area contributed by atoms with Gasteiger partial charge in [0.15, 0.2) is 5.92 Å². The Kier molecular flexibility index (Phi) is 10.8. The van der Waals surface area contributed by atoms with Gasteiger partial charge in [-0.3, -0.25) is 9.59 Å². The number of nitriles is 1. The van der Waals surface area contributed by atoms with Crippen LogP contribution in [0, 0.1) is 17.2 Å². The number of hydrogen-bond donors (Lipinski definition) is 0. The molecule has 0 aliphatic heterocycles. The predicted molar refractivity (Wildman–Crippen MR) is 99.3 cm³/mol. The quantitative estimate of drug-likeness (QED) is 0.314. The van der Waals surface area contributed by atoms with Crippen LogP contribution in [-0.2, 0) is 19.1 Å². The van der Waals surface area contributed by atoms with Crippen LogP contribution >= 0.6 is 0 Å². The van der Waals surface area contributed by atoms with Gasteiger partial charge in [-0.25, -0.2) is 0 Å². The first-order valence-electron chi connectivity index (χ1n) is 9.40. The molecule has 1 atom stereocenters. The van der Waals surface area contributed by atoms with E-state index in [1.807, 2.05) is 30.3 Å². The van der Waals surface area contributed by atoms with E-state index in [1.165, 1.54) is 0 Å². The van der Waals surface area contributed by atoms with Crippen molar-refractivity contribution < 1.29 is 19.1 Å². The Bertz CT molecular complexity index is 561. The summed E-state index contributed by atoms with van der Waals surface area (Å²) in [6.07, 6.45) is 4.95. The maximum atomic E-state index is 12.5. The summed E-state index contributed by atoms with van der Waals surface area (Å²) >= 11 is 0. The third-order valence-corrected chi connectivity index (χ3v) is 4.26. The highest BCUT2D eigenvalue weighted by molar-refractivity contribution is 5.96. The van der Waals surface area contributed by atoms with Crippen LogP contribution in [0.25, 0.3) is 0 Å². The van der Waals surface area contributed by atoms with Crippen molar-refractivity contribution in [3.63, 3.8) is 0 Å². The average molecular weight is 359 g/mol. The van der Waals surface area contributed by atoms with Crippen molar-refractivity contribution in [3.05, 3.63) is 35.9 Å². The van der Waals surface area contributed by atoms with Crippen molar-refractivity contribution in [2.24, 2.45) is 5.92 Å². The van der Waals surface area contributed by atoms with Gasteiger partial charge in [-0.2, -0.15) is 5.26 Å². The van der Waals surface area contributed by atoms with E-state index in [0.717, 1.165) is 31.2 Å². The van der Waals surface area contributed by atoms with Crippen LogP contribution in [-0.4, -0.2) is 25.2 Å². The molecule has 5 heteroatoms. The van der Waals surface area contributed by atoms with Crippen LogP contribution in [0.2, 0.25) is 0 Å². The average Bonchev–Trinajstić information content (AvgIpc) is 2.64. The maximum Gasteiger partial charge on any atom is 0.320 e.